The molecule has 3 rings (SSSR count). The predicted molar refractivity (Wildman–Crippen MR) is 131 cm³/mol. The predicted octanol–water partition coefficient (Wildman–Crippen LogP) is 3.47. The number of hydrogen-bond donors (Lipinski definition) is 1. The van der Waals surface area contributed by atoms with Crippen molar-refractivity contribution < 1.29 is 9.59 Å². The van der Waals surface area contributed by atoms with E-state index in [0.29, 0.717) is 29.5 Å². The molecule has 1 unspecified atom stereocenters. The van der Waals surface area contributed by atoms with Crippen molar-refractivity contribution in [3.05, 3.63) is 35.4 Å². The second-order valence-corrected chi connectivity index (χ2v) is 8.51. The Kier molecular flexibility index (Phi) is 9.74. The molecule has 1 aromatic rings. The van der Waals surface area contributed by atoms with Crippen LogP contribution in [-0.2, 0) is 0 Å². The Hall–Kier alpha value is -1.29. The number of rotatable bonds is 7. The van der Waals surface area contributed by atoms with Crippen molar-refractivity contribution in [3.8, 4) is 0 Å². The molecule has 0 aromatic heterocycles. The van der Waals surface area contributed by atoms with E-state index in [-0.39, 0.29) is 35.8 Å². The van der Waals surface area contributed by atoms with Crippen molar-refractivity contribution in [3.63, 3.8) is 0 Å². The van der Waals surface area contributed by atoms with Gasteiger partial charge >= 0.3 is 0 Å². The number of nitrogens with one attached hydrogen (secondary N) is 1. The number of nitrogens with zero attached hydrogens (tertiary/aromatic N) is 3. The van der Waals surface area contributed by atoms with Crippen LogP contribution in [0.1, 0.15) is 53.8 Å². The maximum atomic E-state index is 12.4. The minimum Gasteiger partial charge on any atom is -0.357 e. The summed E-state index contributed by atoms with van der Waals surface area (Å²) < 4.78 is 0. The van der Waals surface area contributed by atoms with Gasteiger partial charge in [-0.15, -0.1) is 24.0 Å². The van der Waals surface area contributed by atoms with E-state index in [1.165, 1.54) is 11.3 Å². The lowest BCUT2D eigenvalue weighted by Gasteiger charge is -2.34. The molecule has 0 aliphatic carbocycles. The molecule has 0 radical (unpaired) electrons. The molecule has 1 saturated heterocycles. The summed E-state index contributed by atoms with van der Waals surface area (Å²) in [7, 11) is 0. The van der Waals surface area contributed by atoms with Crippen molar-refractivity contribution in [2.75, 3.05) is 38.5 Å². The summed E-state index contributed by atoms with van der Waals surface area (Å²) in [6.07, 6.45) is 2.80. The average molecular weight is 530 g/mol. The standard InChI is InChI=1S/C21H30N4O2S.HI/c1-3-16-15-24(13-14-28-16)21(22-4-2)23-11-7-8-12-25-19(26)17-9-5-6-10-18(17)20(25)27;/h5-6,9-10,16H,3-4,7-8,11-15H2,1-2H3,(H,22,23);1H. The van der Waals surface area contributed by atoms with Crippen LogP contribution in [0.25, 0.3) is 0 Å². The highest BCUT2D eigenvalue weighted by Crippen LogP contribution is 2.23. The molecule has 1 aromatic carbocycles. The highest BCUT2D eigenvalue weighted by molar-refractivity contribution is 14.0. The number of thioether (sulfide) groups is 1. The molecule has 2 heterocycles. The molecular formula is C21H31IN4O2S. The summed E-state index contributed by atoms with van der Waals surface area (Å²) in [4.78, 5) is 33.3. The monoisotopic (exact) mass is 530 g/mol. The summed E-state index contributed by atoms with van der Waals surface area (Å²) in [5, 5.41) is 4.08. The van der Waals surface area contributed by atoms with E-state index in [0.717, 1.165) is 44.2 Å². The van der Waals surface area contributed by atoms with Crippen molar-refractivity contribution in [2.45, 2.75) is 38.4 Å². The van der Waals surface area contributed by atoms with Crippen molar-refractivity contribution >= 4 is 53.5 Å². The van der Waals surface area contributed by atoms with Crippen molar-refractivity contribution in [1.82, 2.24) is 15.1 Å². The number of guanidine groups is 1. The van der Waals surface area contributed by atoms with Gasteiger partial charge in [0, 0.05) is 43.7 Å². The van der Waals surface area contributed by atoms with Crippen LogP contribution in [0.15, 0.2) is 29.3 Å². The minimum atomic E-state index is -0.172. The van der Waals surface area contributed by atoms with Gasteiger partial charge in [0.1, 0.15) is 0 Å². The fourth-order valence-electron chi connectivity index (χ4n) is 3.59. The molecule has 0 spiro atoms. The number of fused-ring (bicyclic) bond motifs is 1. The molecule has 2 amide bonds. The van der Waals surface area contributed by atoms with E-state index in [2.05, 4.69) is 24.1 Å². The average Bonchev–Trinajstić information content (AvgIpc) is 2.97. The highest BCUT2D eigenvalue weighted by atomic mass is 127. The molecule has 0 bridgehead atoms. The molecule has 8 heteroatoms. The third-order valence-electron chi connectivity index (χ3n) is 5.16. The van der Waals surface area contributed by atoms with E-state index in [9.17, 15) is 9.59 Å². The van der Waals surface area contributed by atoms with Gasteiger partial charge in [0.2, 0.25) is 0 Å². The smallest absolute Gasteiger partial charge is 0.261 e. The third-order valence-corrected chi connectivity index (χ3v) is 6.53. The number of benzene rings is 1. The van der Waals surface area contributed by atoms with Crippen LogP contribution < -0.4 is 5.32 Å². The van der Waals surface area contributed by atoms with Gasteiger partial charge in [0.15, 0.2) is 5.96 Å². The fourth-order valence-corrected chi connectivity index (χ4v) is 4.77. The SMILES string of the molecule is CCNC(=NCCCCN1C(=O)c2ccccc2C1=O)N1CCSC(CC)C1.I. The Balaban J connectivity index is 0.00000300. The first-order valence-corrected chi connectivity index (χ1v) is 11.3. The first-order chi connectivity index (χ1) is 13.7. The van der Waals surface area contributed by atoms with Crippen molar-refractivity contribution in [2.24, 2.45) is 4.99 Å². The highest BCUT2D eigenvalue weighted by Gasteiger charge is 2.34. The lowest BCUT2D eigenvalue weighted by Crippen LogP contribution is -2.48. The molecule has 29 heavy (non-hydrogen) atoms. The lowest BCUT2D eigenvalue weighted by atomic mass is 10.1. The first kappa shape index (κ1) is 24.0. The molecule has 2 aliphatic rings. The Morgan fingerprint density at radius 1 is 1.17 bits per heavy atom. The number of carbonyl (C=O) groups excluding carboxylic acids is 2. The van der Waals surface area contributed by atoms with E-state index in [4.69, 9.17) is 4.99 Å². The zero-order chi connectivity index (χ0) is 19.9. The zero-order valence-corrected chi connectivity index (χ0v) is 20.4. The number of carbonyl (C=O) groups is 2. The van der Waals surface area contributed by atoms with Crippen LogP contribution in [0.3, 0.4) is 0 Å². The van der Waals surface area contributed by atoms with Crippen molar-refractivity contribution in [1.29, 1.82) is 0 Å². The number of aliphatic imine (C=N–C) groups is 1. The van der Waals surface area contributed by atoms with Gasteiger partial charge in [-0.1, -0.05) is 19.1 Å². The van der Waals surface area contributed by atoms with Crippen LogP contribution in [0.5, 0.6) is 0 Å². The Morgan fingerprint density at radius 2 is 1.86 bits per heavy atom. The Morgan fingerprint density at radius 3 is 2.48 bits per heavy atom. The normalized spacial score (nSPS) is 19.2. The van der Waals surface area contributed by atoms with Crippen LogP contribution in [0.4, 0.5) is 0 Å². The number of imide groups is 1. The maximum Gasteiger partial charge on any atom is 0.261 e. The first-order valence-electron chi connectivity index (χ1n) is 10.3. The van der Waals surface area contributed by atoms with Gasteiger partial charge in [0.05, 0.1) is 11.1 Å². The molecule has 6 nitrogen and oxygen atoms in total. The van der Waals surface area contributed by atoms with Crippen LogP contribution >= 0.6 is 35.7 Å². The molecule has 2 aliphatic heterocycles. The lowest BCUT2D eigenvalue weighted by molar-refractivity contribution is 0.0652. The van der Waals surface area contributed by atoms with E-state index in [1.54, 1.807) is 24.3 Å². The fraction of sp³-hybridized carbons (Fsp3) is 0.571. The third kappa shape index (κ3) is 5.87. The maximum absolute atomic E-state index is 12.4. The summed E-state index contributed by atoms with van der Waals surface area (Å²) >= 11 is 2.05. The van der Waals surface area contributed by atoms with Crippen LogP contribution in [-0.4, -0.2) is 71.3 Å². The number of halogens is 1. The number of amides is 2. The van der Waals surface area contributed by atoms with E-state index in [1.807, 2.05) is 11.8 Å². The summed E-state index contributed by atoms with van der Waals surface area (Å²) in [6.45, 7) is 8.42. The molecular weight excluding hydrogens is 499 g/mol. The Labute approximate surface area is 194 Å². The number of hydrogen-bond acceptors (Lipinski definition) is 4. The summed E-state index contributed by atoms with van der Waals surface area (Å²) in [5.74, 6) is 1.78. The van der Waals surface area contributed by atoms with E-state index < -0.39 is 0 Å². The summed E-state index contributed by atoms with van der Waals surface area (Å²) in [6, 6.07) is 7.05. The zero-order valence-electron chi connectivity index (χ0n) is 17.2. The second-order valence-electron chi connectivity index (χ2n) is 7.10. The molecule has 1 N–H and O–H groups in total. The van der Waals surface area contributed by atoms with Gasteiger partial charge in [-0.3, -0.25) is 19.5 Å². The summed E-state index contributed by atoms with van der Waals surface area (Å²) in [5.41, 5.74) is 1.04. The van der Waals surface area contributed by atoms with Crippen LogP contribution in [0, 0.1) is 0 Å². The van der Waals surface area contributed by atoms with Gasteiger partial charge in [-0.05, 0) is 38.3 Å². The molecule has 160 valence electrons. The second kappa shape index (κ2) is 11.8. The largest absolute Gasteiger partial charge is 0.357 e. The molecule has 0 saturated carbocycles. The number of unbranched alkanes of at least 4 members (excludes halogenated alkanes) is 1. The minimum absolute atomic E-state index is 0. The van der Waals surface area contributed by atoms with Gasteiger partial charge in [-0.2, -0.15) is 11.8 Å². The molecule has 1 atom stereocenters. The molecule has 1 fully saturated rings. The Bertz CT molecular complexity index is 708. The van der Waals surface area contributed by atoms with Crippen LogP contribution in [0.2, 0.25) is 0 Å². The van der Waals surface area contributed by atoms with Gasteiger partial charge in [-0.25, -0.2) is 0 Å². The van der Waals surface area contributed by atoms with Gasteiger partial charge < -0.3 is 10.2 Å². The van der Waals surface area contributed by atoms with E-state index >= 15 is 0 Å². The topological polar surface area (TPSA) is 65.0 Å². The quantitative estimate of drug-likeness (QED) is 0.192. The van der Waals surface area contributed by atoms with Gasteiger partial charge in [0.25, 0.3) is 11.8 Å².